The molecule has 6 nitrogen and oxygen atoms in total. The van der Waals surface area contributed by atoms with Gasteiger partial charge in [-0.1, -0.05) is 23.7 Å². The minimum absolute atomic E-state index is 0.0440. The number of nitrogens with one attached hydrogen (secondary N) is 1. The number of rotatable bonds is 7. The van der Waals surface area contributed by atoms with Crippen LogP contribution in [0.4, 0.5) is 4.39 Å². The van der Waals surface area contributed by atoms with E-state index >= 15 is 0 Å². The van der Waals surface area contributed by atoms with Crippen LogP contribution in [0.1, 0.15) is 18.1 Å². The van der Waals surface area contributed by atoms with Gasteiger partial charge in [0.15, 0.2) is 11.5 Å². The molecule has 8 heteroatoms. The van der Waals surface area contributed by atoms with E-state index in [1.165, 1.54) is 12.1 Å². The molecule has 1 aliphatic heterocycles. The van der Waals surface area contributed by atoms with E-state index in [1.807, 2.05) is 0 Å². The van der Waals surface area contributed by atoms with Crippen LogP contribution in [-0.2, 0) is 17.9 Å². The summed E-state index contributed by atoms with van der Waals surface area (Å²) in [6.45, 7) is 2.05. The zero-order chi connectivity index (χ0) is 18.7. The quantitative estimate of drug-likeness (QED) is 0.771. The topological polar surface area (TPSA) is 82.8 Å². The van der Waals surface area contributed by atoms with Gasteiger partial charge in [0.25, 0.3) is 0 Å². The molecule has 0 fully saturated rings. The van der Waals surface area contributed by atoms with Gasteiger partial charge in [0, 0.05) is 17.7 Å². The highest BCUT2D eigenvalue weighted by Gasteiger charge is 2.24. The van der Waals surface area contributed by atoms with E-state index in [9.17, 15) is 9.18 Å². The van der Waals surface area contributed by atoms with Crippen molar-refractivity contribution in [2.75, 3.05) is 6.79 Å². The van der Waals surface area contributed by atoms with Gasteiger partial charge in [0.1, 0.15) is 12.4 Å². The Hall–Kier alpha value is -2.51. The third-order valence-electron chi connectivity index (χ3n) is 4.02. The van der Waals surface area contributed by atoms with Gasteiger partial charge in [-0.3, -0.25) is 4.79 Å². The average Bonchev–Trinajstić information content (AvgIpc) is 3.10. The van der Waals surface area contributed by atoms with Gasteiger partial charge >= 0.3 is 0 Å². The summed E-state index contributed by atoms with van der Waals surface area (Å²) < 4.78 is 30.5. The number of carbonyl (C=O) groups excluding carboxylic acids is 1. The van der Waals surface area contributed by atoms with Gasteiger partial charge in [-0.05, 0) is 25.1 Å². The molecule has 0 aliphatic carbocycles. The maximum Gasteiger partial charge on any atom is 0.234 e. The van der Waals surface area contributed by atoms with Crippen molar-refractivity contribution in [3.05, 3.63) is 52.3 Å². The van der Waals surface area contributed by atoms with Gasteiger partial charge in [0.05, 0.1) is 11.1 Å². The first-order valence-electron chi connectivity index (χ1n) is 7.97. The van der Waals surface area contributed by atoms with Crippen molar-refractivity contribution in [2.45, 2.75) is 26.1 Å². The summed E-state index contributed by atoms with van der Waals surface area (Å²) >= 11 is 6.01. The first-order chi connectivity index (χ1) is 12.5. The third kappa shape index (κ3) is 3.84. The minimum Gasteiger partial charge on any atom is -0.485 e. The monoisotopic (exact) mass is 380 g/mol. The van der Waals surface area contributed by atoms with Crippen molar-refractivity contribution < 1.29 is 23.4 Å². The molecular formula is C18H18ClFN2O4. The molecule has 0 spiro atoms. The standard InChI is InChI=1S/C18H18ClFN2O4/c1-10(18(21)23)22-7-11-5-6-15(17-16(11)25-9-26-17)24-8-12-13(19)3-2-4-14(12)20/h2-6,10,22H,7-9H2,1H3,(H2,21,23)/t10-/m0/s1. The molecule has 0 radical (unpaired) electrons. The maximum atomic E-state index is 13.9. The number of carbonyl (C=O) groups is 1. The Morgan fingerprint density at radius 2 is 2.12 bits per heavy atom. The van der Waals surface area contributed by atoms with Crippen LogP contribution in [0.15, 0.2) is 30.3 Å². The SMILES string of the molecule is C[C@H](NCc1ccc(OCc2c(F)cccc2Cl)c2c1OCO2)C(N)=O. The maximum absolute atomic E-state index is 13.9. The first kappa shape index (κ1) is 18.3. The van der Waals surface area contributed by atoms with Crippen molar-refractivity contribution in [1.29, 1.82) is 0 Å². The fraction of sp³-hybridized carbons (Fsp3) is 0.278. The molecule has 0 unspecified atom stereocenters. The van der Waals surface area contributed by atoms with Gasteiger partial charge in [-0.2, -0.15) is 0 Å². The van der Waals surface area contributed by atoms with E-state index in [2.05, 4.69) is 5.32 Å². The molecule has 2 aromatic carbocycles. The second-order valence-electron chi connectivity index (χ2n) is 5.78. The highest BCUT2D eigenvalue weighted by atomic mass is 35.5. The molecule has 0 saturated carbocycles. The highest BCUT2D eigenvalue weighted by molar-refractivity contribution is 6.31. The van der Waals surface area contributed by atoms with E-state index < -0.39 is 17.8 Å². The number of ether oxygens (including phenoxy) is 3. The number of primary amides is 1. The van der Waals surface area contributed by atoms with Crippen molar-refractivity contribution in [3.8, 4) is 17.2 Å². The largest absolute Gasteiger partial charge is 0.485 e. The fourth-order valence-corrected chi connectivity index (χ4v) is 2.68. The summed E-state index contributed by atoms with van der Waals surface area (Å²) in [5.41, 5.74) is 6.30. The summed E-state index contributed by atoms with van der Waals surface area (Å²) in [7, 11) is 0. The Bertz CT molecular complexity index is 811. The lowest BCUT2D eigenvalue weighted by atomic mass is 10.1. The van der Waals surface area contributed by atoms with Crippen LogP contribution in [0.3, 0.4) is 0 Å². The van der Waals surface area contributed by atoms with Crippen LogP contribution >= 0.6 is 11.6 Å². The molecular weight excluding hydrogens is 363 g/mol. The molecule has 3 rings (SSSR count). The average molecular weight is 381 g/mol. The van der Waals surface area contributed by atoms with Crippen LogP contribution in [0.5, 0.6) is 17.2 Å². The minimum atomic E-state index is -0.480. The molecule has 1 atom stereocenters. The lowest BCUT2D eigenvalue weighted by Gasteiger charge is -2.14. The Kier molecular flexibility index (Phi) is 5.49. The van der Waals surface area contributed by atoms with Crippen molar-refractivity contribution in [2.24, 2.45) is 5.73 Å². The zero-order valence-electron chi connectivity index (χ0n) is 14.1. The van der Waals surface area contributed by atoms with Gasteiger partial charge in [-0.15, -0.1) is 0 Å². The zero-order valence-corrected chi connectivity index (χ0v) is 14.8. The second-order valence-corrected chi connectivity index (χ2v) is 6.19. The van der Waals surface area contributed by atoms with Crippen molar-refractivity contribution >= 4 is 17.5 Å². The van der Waals surface area contributed by atoms with Crippen molar-refractivity contribution in [1.82, 2.24) is 5.32 Å². The summed E-state index contributed by atoms with van der Waals surface area (Å²) in [6, 6.07) is 7.46. The molecule has 138 valence electrons. The molecule has 1 aliphatic rings. The van der Waals surface area contributed by atoms with Gasteiger partial charge in [0.2, 0.25) is 18.4 Å². The van der Waals surface area contributed by atoms with Gasteiger partial charge < -0.3 is 25.3 Å². The van der Waals surface area contributed by atoms with E-state index in [-0.39, 0.29) is 19.0 Å². The summed E-state index contributed by atoms with van der Waals surface area (Å²) in [5.74, 6) is 0.492. The lowest BCUT2D eigenvalue weighted by Crippen LogP contribution is -2.38. The van der Waals surface area contributed by atoms with Crippen LogP contribution in [0.25, 0.3) is 0 Å². The summed E-state index contributed by atoms with van der Waals surface area (Å²) in [5, 5.41) is 3.29. The second kappa shape index (κ2) is 7.80. The van der Waals surface area contributed by atoms with Crippen LogP contribution in [0, 0.1) is 5.82 Å². The molecule has 2 aromatic rings. The Morgan fingerprint density at radius 3 is 2.85 bits per heavy atom. The predicted molar refractivity (Wildman–Crippen MR) is 93.8 cm³/mol. The number of hydrogen-bond donors (Lipinski definition) is 2. The van der Waals surface area contributed by atoms with E-state index in [4.69, 9.17) is 31.5 Å². The molecule has 1 heterocycles. The number of benzene rings is 2. The highest BCUT2D eigenvalue weighted by Crippen LogP contribution is 2.44. The van der Waals surface area contributed by atoms with Gasteiger partial charge in [-0.25, -0.2) is 4.39 Å². The Morgan fingerprint density at radius 1 is 1.35 bits per heavy atom. The van der Waals surface area contributed by atoms with E-state index in [1.54, 1.807) is 25.1 Å². The molecule has 0 saturated heterocycles. The molecule has 0 bridgehead atoms. The third-order valence-corrected chi connectivity index (χ3v) is 4.38. The van der Waals surface area contributed by atoms with Crippen LogP contribution < -0.4 is 25.3 Å². The Labute approximate surface area is 155 Å². The summed E-state index contributed by atoms with van der Waals surface area (Å²) in [6.07, 6.45) is 0. The Balaban J connectivity index is 1.76. The normalized spacial score (nSPS) is 13.5. The number of fused-ring (bicyclic) bond motifs is 1. The van der Waals surface area contributed by atoms with E-state index in [0.717, 1.165) is 5.56 Å². The van der Waals surface area contributed by atoms with Crippen LogP contribution in [-0.4, -0.2) is 18.7 Å². The fourth-order valence-electron chi connectivity index (χ4n) is 2.46. The summed E-state index contributed by atoms with van der Waals surface area (Å²) in [4.78, 5) is 11.1. The first-order valence-corrected chi connectivity index (χ1v) is 8.35. The van der Waals surface area contributed by atoms with Crippen LogP contribution in [0.2, 0.25) is 5.02 Å². The number of halogens is 2. The molecule has 26 heavy (non-hydrogen) atoms. The number of hydrogen-bond acceptors (Lipinski definition) is 5. The molecule has 3 N–H and O–H groups in total. The number of nitrogens with two attached hydrogens (primary N) is 1. The molecule has 0 aromatic heterocycles. The molecule has 1 amide bonds. The predicted octanol–water partition coefficient (Wildman–Crippen LogP) is 2.75. The van der Waals surface area contributed by atoms with E-state index in [0.29, 0.717) is 28.8 Å². The van der Waals surface area contributed by atoms with Crippen molar-refractivity contribution in [3.63, 3.8) is 0 Å². The number of amides is 1. The lowest BCUT2D eigenvalue weighted by molar-refractivity contribution is -0.119. The smallest absolute Gasteiger partial charge is 0.234 e.